The third-order valence-corrected chi connectivity index (χ3v) is 4.03. The van der Waals surface area contributed by atoms with Crippen molar-refractivity contribution in [2.75, 3.05) is 25.1 Å². The van der Waals surface area contributed by atoms with Crippen LogP contribution in [0.2, 0.25) is 0 Å². The molecule has 3 rings (SSSR count). The van der Waals surface area contributed by atoms with E-state index in [1.165, 1.54) is 18.2 Å². The third kappa shape index (κ3) is 5.18. The van der Waals surface area contributed by atoms with Gasteiger partial charge in [-0.3, -0.25) is 14.9 Å². The number of nitrogens with zero attached hydrogens (tertiary/aromatic N) is 1. The zero-order valence-electron chi connectivity index (χ0n) is 14.6. The van der Waals surface area contributed by atoms with Gasteiger partial charge >= 0.3 is 5.69 Å². The minimum Gasteiger partial charge on any atom is -0.489 e. The Bertz CT molecular complexity index is 804. The first-order valence-corrected chi connectivity index (χ1v) is 8.63. The molecule has 0 aromatic heterocycles. The molecule has 0 saturated carbocycles. The smallest absolute Gasteiger partial charge is 0.310 e. The van der Waals surface area contributed by atoms with Gasteiger partial charge in [-0.05, 0) is 31.0 Å². The lowest BCUT2D eigenvalue weighted by molar-refractivity contribution is -0.385. The summed E-state index contributed by atoms with van der Waals surface area (Å²) in [6, 6.07) is 13.0. The number of carbonyl (C=O) groups excluding carboxylic acids is 1. The zero-order valence-corrected chi connectivity index (χ0v) is 14.6. The molecule has 0 radical (unpaired) electrons. The number of nitrogens with one attached hydrogen (secondary N) is 1. The van der Waals surface area contributed by atoms with E-state index in [2.05, 4.69) is 5.32 Å². The molecule has 0 spiro atoms. The summed E-state index contributed by atoms with van der Waals surface area (Å²) in [5.74, 6) is 0.133. The summed E-state index contributed by atoms with van der Waals surface area (Å²) in [7, 11) is 0. The van der Waals surface area contributed by atoms with Crippen molar-refractivity contribution in [2.24, 2.45) is 0 Å². The highest BCUT2D eigenvalue weighted by Gasteiger charge is 2.18. The first-order valence-electron chi connectivity index (χ1n) is 8.63. The maximum Gasteiger partial charge on any atom is 0.310 e. The van der Waals surface area contributed by atoms with E-state index in [4.69, 9.17) is 14.2 Å². The fourth-order valence-corrected chi connectivity index (χ4v) is 2.71. The van der Waals surface area contributed by atoms with Gasteiger partial charge in [0.15, 0.2) is 12.4 Å². The van der Waals surface area contributed by atoms with Gasteiger partial charge in [0.2, 0.25) is 0 Å². The van der Waals surface area contributed by atoms with Gasteiger partial charge in [-0.15, -0.1) is 0 Å². The maximum atomic E-state index is 12.2. The van der Waals surface area contributed by atoms with E-state index in [-0.39, 0.29) is 24.1 Å². The molecule has 8 nitrogen and oxygen atoms in total. The van der Waals surface area contributed by atoms with Crippen molar-refractivity contribution in [2.45, 2.75) is 18.9 Å². The van der Waals surface area contributed by atoms with Gasteiger partial charge in [-0.25, -0.2) is 0 Å². The normalized spacial score (nSPS) is 15.9. The van der Waals surface area contributed by atoms with Gasteiger partial charge in [0.25, 0.3) is 5.91 Å². The summed E-state index contributed by atoms with van der Waals surface area (Å²) in [6.07, 6.45) is 2.05. The largest absolute Gasteiger partial charge is 0.489 e. The minimum absolute atomic E-state index is 0.0422. The number of hydrogen-bond donors (Lipinski definition) is 1. The summed E-state index contributed by atoms with van der Waals surface area (Å²) in [5, 5.41) is 13.7. The Morgan fingerprint density at radius 3 is 2.63 bits per heavy atom. The molecule has 142 valence electrons. The molecule has 1 amide bonds. The lowest BCUT2D eigenvalue weighted by atomic mass is 10.2. The topological polar surface area (TPSA) is 99.9 Å². The van der Waals surface area contributed by atoms with Crippen LogP contribution in [0.15, 0.2) is 48.5 Å². The van der Waals surface area contributed by atoms with Crippen LogP contribution in [0.5, 0.6) is 11.5 Å². The Labute approximate surface area is 156 Å². The van der Waals surface area contributed by atoms with Gasteiger partial charge in [0, 0.05) is 12.7 Å². The van der Waals surface area contributed by atoms with E-state index in [1.807, 2.05) is 6.07 Å². The van der Waals surface area contributed by atoms with Gasteiger partial charge in [-0.1, -0.05) is 24.3 Å². The molecule has 1 aliphatic heterocycles. The average molecular weight is 372 g/mol. The third-order valence-electron chi connectivity index (χ3n) is 4.03. The van der Waals surface area contributed by atoms with Crippen LogP contribution in [0.3, 0.4) is 0 Å². The van der Waals surface area contributed by atoms with Crippen LogP contribution >= 0.6 is 0 Å². The number of nitro groups is 1. The van der Waals surface area contributed by atoms with E-state index in [1.54, 1.807) is 24.3 Å². The van der Waals surface area contributed by atoms with Crippen LogP contribution in [0, 0.1) is 10.1 Å². The Morgan fingerprint density at radius 2 is 1.89 bits per heavy atom. The molecule has 1 atom stereocenters. The van der Waals surface area contributed by atoms with Crippen molar-refractivity contribution in [1.82, 2.24) is 0 Å². The van der Waals surface area contributed by atoms with E-state index >= 15 is 0 Å². The Hall–Kier alpha value is -3.13. The van der Waals surface area contributed by atoms with Crippen molar-refractivity contribution < 1.29 is 23.9 Å². The molecule has 27 heavy (non-hydrogen) atoms. The molecule has 0 aliphatic carbocycles. The predicted molar refractivity (Wildman–Crippen MR) is 98.1 cm³/mol. The monoisotopic (exact) mass is 372 g/mol. The molecule has 1 saturated heterocycles. The fraction of sp³-hybridized carbons (Fsp3) is 0.316. The first-order chi connectivity index (χ1) is 13.1. The molecule has 1 unspecified atom stereocenters. The molecule has 1 fully saturated rings. The second-order valence-corrected chi connectivity index (χ2v) is 6.00. The number of anilines is 1. The summed E-state index contributed by atoms with van der Waals surface area (Å²) in [6.45, 7) is 0.805. The van der Waals surface area contributed by atoms with Crippen molar-refractivity contribution in [3.05, 3.63) is 58.6 Å². The molecule has 2 aromatic carbocycles. The number of benzene rings is 2. The molecule has 2 aromatic rings. The first kappa shape index (κ1) is 18.7. The Balaban J connectivity index is 1.57. The van der Waals surface area contributed by atoms with Crippen LogP contribution in [0.25, 0.3) is 0 Å². The SMILES string of the molecule is O=C(COc1ccccc1[N+](=O)[O-])Nc1ccccc1OCC1CCCO1. The second-order valence-electron chi connectivity index (χ2n) is 6.00. The number of nitro benzene ring substituents is 1. The number of amides is 1. The standard InChI is InChI=1S/C19H20N2O6/c22-19(13-27-18-10-4-2-8-16(18)21(23)24)20-15-7-1-3-9-17(15)26-12-14-6-5-11-25-14/h1-4,7-10,14H,5-6,11-13H2,(H,20,22). The molecular formula is C19H20N2O6. The Morgan fingerprint density at radius 1 is 1.15 bits per heavy atom. The highest BCUT2D eigenvalue weighted by molar-refractivity contribution is 5.93. The minimum atomic E-state index is -0.554. The van der Waals surface area contributed by atoms with E-state index in [9.17, 15) is 14.9 Å². The number of carbonyl (C=O) groups is 1. The molecule has 0 bridgehead atoms. The van der Waals surface area contributed by atoms with Crippen LogP contribution in [0.4, 0.5) is 11.4 Å². The van der Waals surface area contributed by atoms with Crippen molar-refractivity contribution >= 4 is 17.3 Å². The van der Waals surface area contributed by atoms with Crippen LogP contribution < -0.4 is 14.8 Å². The summed E-state index contributed by atoms with van der Waals surface area (Å²) in [5.41, 5.74) is 0.317. The van der Waals surface area contributed by atoms with E-state index in [0.717, 1.165) is 19.4 Å². The predicted octanol–water partition coefficient (Wildman–Crippen LogP) is 3.17. The van der Waals surface area contributed by atoms with Gasteiger partial charge < -0.3 is 19.5 Å². The molecule has 8 heteroatoms. The van der Waals surface area contributed by atoms with Gasteiger partial charge in [-0.2, -0.15) is 0 Å². The summed E-state index contributed by atoms with van der Waals surface area (Å²) < 4.78 is 16.6. The quantitative estimate of drug-likeness (QED) is 0.564. The number of ether oxygens (including phenoxy) is 3. The maximum absolute atomic E-state index is 12.2. The lowest BCUT2D eigenvalue weighted by Gasteiger charge is -2.15. The van der Waals surface area contributed by atoms with Crippen LogP contribution in [-0.2, 0) is 9.53 Å². The Kier molecular flexibility index (Phi) is 6.22. The zero-order chi connectivity index (χ0) is 19.1. The second kappa shape index (κ2) is 9.00. The average Bonchev–Trinajstić information content (AvgIpc) is 3.19. The van der Waals surface area contributed by atoms with Gasteiger partial charge in [0.05, 0.1) is 16.7 Å². The molecule has 1 heterocycles. The lowest BCUT2D eigenvalue weighted by Crippen LogP contribution is -2.22. The summed E-state index contributed by atoms with van der Waals surface area (Å²) >= 11 is 0. The van der Waals surface area contributed by atoms with Crippen LogP contribution in [0.1, 0.15) is 12.8 Å². The molecule has 1 aliphatic rings. The molecule has 1 N–H and O–H groups in total. The van der Waals surface area contributed by atoms with Crippen molar-refractivity contribution in [3.8, 4) is 11.5 Å². The number of para-hydroxylation sites is 4. The van der Waals surface area contributed by atoms with Crippen LogP contribution in [-0.4, -0.2) is 36.8 Å². The van der Waals surface area contributed by atoms with Gasteiger partial charge in [0.1, 0.15) is 12.4 Å². The van der Waals surface area contributed by atoms with E-state index in [0.29, 0.717) is 18.0 Å². The van der Waals surface area contributed by atoms with Crippen molar-refractivity contribution in [3.63, 3.8) is 0 Å². The summed E-state index contributed by atoms with van der Waals surface area (Å²) in [4.78, 5) is 22.6. The van der Waals surface area contributed by atoms with E-state index < -0.39 is 10.8 Å². The molecular weight excluding hydrogens is 352 g/mol. The number of rotatable bonds is 8. The highest BCUT2D eigenvalue weighted by atomic mass is 16.6. The van der Waals surface area contributed by atoms with Crippen molar-refractivity contribution in [1.29, 1.82) is 0 Å². The fourth-order valence-electron chi connectivity index (χ4n) is 2.71. The number of hydrogen-bond acceptors (Lipinski definition) is 6. The highest BCUT2D eigenvalue weighted by Crippen LogP contribution is 2.27.